The van der Waals surface area contributed by atoms with E-state index in [9.17, 15) is 4.79 Å². The first-order valence-electron chi connectivity index (χ1n) is 7.13. The highest BCUT2D eigenvalue weighted by Gasteiger charge is 2.15. The molecule has 0 radical (unpaired) electrons. The SMILES string of the molecule is CC(CNC(=O)c1cnc(Cl)cn1)CN1CCCCC1. The molecule has 0 aromatic carbocycles. The van der Waals surface area contributed by atoms with E-state index in [1.807, 2.05) is 0 Å². The van der Waals surface area contributed by atoms with Crippen LogP contribution in [0.15, 0.2) is 12.4 Å². The van der Waals surface area contributed by atoms with E-state index in [1.54, 1.807) is 0 Å². The summed E-state index contributed by atoms with van der Waals surface area (Å²) >= 11 is 5.64. The maximum Gasteiger partial charge on any atom is 0.271 e. The maximum absolute atomic E-state index is 11.9. The Hall–Kier alpha value is -1.20. The molecule has 1 fully saturated rings. The number of rotatable bonds is 5. The molecule has 0 spiro atoms. The van der Waals surface area contributed by atoms with E-state index in [-0.39, 0.29) is 5.91 Å². The molecule has 1 atom stereocenters. The number of halogens is 1. The zero-order valence-electron chi connectivity index (χ0n) is 11.8. The van der Waals surface area contributed by atoms with Gasteiger partial charge in [-0.15, -0.1) is 0 Å². The number of carbonyl (C=O) groups is 1. The molecule has 5 nitrogen and oxygen atoms in total. The molecule has 1 aliphatic heterocycles. The van der Waals surface area contributed by atoms with Gasteiger partial charge in [-0.05, 0) is 31.8 Å². The molecule has 110 valence electrons. The molecule has 1 saturated heterocycles. The average molecular weight is 297 g/mol. The largest absolute Gasteiger partial charge is 0.350 e. The standard InChI is InChI=1S/C14H21ClN4O/c1-11(10-19-5-3-2-4-6-19)7-18-14(20)12-8-17-13(15)9-16-12/h8-9,11H,2-7,10H2,1H3,(H,18,20). The van der Waals surface area contributed by atoms with Gasteiger partial charge in [-0.1, -0.05) is 24.9 Å². The maximum atomic E-state index is 11.9. The third kappa shape index (κ3) is 4.72. The Morgan fingerprint density at radius 3 is 2.75 bits per heavy atom. The smallest absolute Gasteiger partial charge is 0.271 e. The van der Waals surface area contributed by atoms with E-state index in [1.165, 1.54) is 44.7 Å². The summed E-state index contributed by atoms with van der Waals surface area (Å²) in [4.78, 5) is 22.2. The molecule has 2 heterocycles. The molecule has 6 heteroatoms. The van der Waals surface area contributed by atoms with Gasteiger partial charge in [0.2, 0.25) is 0 Å². The Balaban J connectivity index is 1.73. The van der Waals surface area contributed by atoms with Crippen molar-refractivity contribution in [3.8, 4) is 0 Å². The second-order valence-electron chi connectivity index (χ2n) is 5.40. The summed E-state index contributed by atoms with van der Waals surface area (Å²) in [5.74, 6) is 0.233. The lowest BCUT2D eigenvalue weighted by molar-refractivity contribution is 0.0937. The minimum absolute atomic E-state index is 0.195. The van der Waals surface area contributed by atoms with E-state index < -0.39 is 0 Å². The quantitative estimate of drug-likeness (QED) is 0.903. The van der Waals surface area contributed by atoms with Crippen LogP contribution in [0.25, 0.3) is 0 Å². The molecule has 0 bridgehead atoms. The zero-order chi connectivity index (χ0) is 14.4. The topological polar surface area (TPSA) is 58.1 Å². The van der Waals surface area contributed by atoms with Crippen LogP contribution in [-0.2, 0) is 0 Å². The van der Waals surface area contributed by atoms with Gasteiger partial charge in [-0.25, -0.2) is 9.97 Å². The highest BCUT2D eigenvalue weighted by molar-refractivity contribution is 6.29. The molecular weight excluding hydrogens is 276 g/mol. The minimum Gasteiger partial charge on any atom is -0.350 e. The first-order valence-corrected chi connectivity index (χ1v) is 7.51. The fourth-order valence-corrected chi connectivity index (χ4v) is 2.53. The van der Waals surface area contributed by atoms with Gasteiger partial charge in [-0.2, -0.15) is 0 Å². The van der Waals surface area contributed by atoms with Gasteiger partial charge in [0, 0.05) is 13.1 Å². The van der Waals surface area contributed by atoms with E-state index in [0.29, 0.717) is 23.3 Å². The summed E-state index contributed by atoms with van der Waals surface area (Å²) in [5, 5.41) is 3.19. The van der Waals surface area contributed by atoms with Gasteiger partial charge in [0.1, 0.15) is 10.8 Å². The molecule has 1 aromatic rings. The van der Waals surface area contributed by atoms with Crippen LogP contribution < -0.4 is 5.32 Å². The Morgan fingerprint density at radius 1 is 1.35 bits per heavy atom. The monoisotopic (exact) mass is 296 g/mol. The molecule has 1 amide bonds. The van der Waals surface area contributed by atoms with Crippen LogP contribution in [0.1, 0.15) is 36.7 Å². The summed E-state index contributed by atoms with van der Waals surface area (Å²) < 4.78 is 0. The number of amides is 1. The van der Waals surface area contributed by atoms with Crippen LogP contribution in [0.3, 0.4) is 0 Å². The van der Waals surface area contributed by atoms with Crippen LogP contribution in [0.4, 0.5) is 0 Å². The van der Waals surface area contributed by atoms with Gasteiger partial charge in [-0.3, -0.25) is 4.79 Å². The van der Waals surface area contributed by atoms with Crippen molar-refractivity contribution in [2.45, 2.75) is 26.2 Å². The van der Waals surface area contributed by atoms with Gasteiger partial charge < -0.3 is 10.2 Å². The number of nitrogens with one attached hydrogen (secondary N) is 1. The van der Waals surface area contributed by atoms with Crippen molar-refractivity contribution in [3.63, 3.8) is 0 Å². The predicted molar refractivity (Wildman–Crippen MR) is 78.8 cm³/mol. The van der Waals surface area contributed by atoms with Crippen molar-refractivity contribution in [2.24, 2.45) is 5.92 Å². The number of likely N-dealkylation sites (tertiary alicyclic amines) is 1. The van der Waals surface area contributed by atoms with Gasteiger partial charge in [0.25, 0.3) is 5.91 Å². The lowest BCUT2D eigenvalue weighted by atomic mass is 10.1. The van der Waals surface area contributed by atoms with Crippen molar-refractivity contribution in [1.29, 1.82) is 0 Å². The molecule has 0 saturated carbocycles. The van der Waals surface area contributed by atoms with E-state index in [4.69, 9.17) is 11.6 Å². The fraction of sp³-hybridized carbons (Fsp3) is 0.643. The van der Waals surface area contributed by atoms with Crippen LogP contribution in [0.2, 0.25) is 5.15 Å². The second kappa shape index (κ2) is 7.55. The van der Waals surface area contributed by atoms with Crippen molar-refractivity contribution >= 4 is 17.5 Å². The summed E-state index contributed by atoms with van der Waals surface area (Å²) in [6.07, 6.45) is 6.70. The second-order valence-corrected chi connectivity index (χ2v) is 5.79. The Kier molecular flexibility index (Phi) is 5.73. The molecule has 2 rings (SSSR count). The zero-order valence-corrected chi connectivity index (χ0v) is 12.6. The van der Waals surface area contributed by atoms with Crippen LogP contribution in [-0.4, -0.2) is 47.0 Å². The molecular formula is C14H21ClN4O. The van der Waals surface area contributed by atoms with Crippen molar-refractivity contribution in [1.82, 2.24) is 20.2 Å². The molecule has 0 aliphatic carbocycles. The lowest BCUT2D eigenvalue weighted by Gasteiger charge is -2.29. The third-order valence-electron chi connectivity index (χ3n) is 3.48. The summed E-state index contributed by atoms with van der Waals surface area (Å²) in [7, 11) is 0. The summed E-state index contributed by atoms with van der Waals surface area (Å²) in [6.45, 7) is 6.20. The number of carbonyl (C=O) groups excluding carboxylic acids is 1. The van der Waals surface area contributed by atoms with Crippen LogP contribution in [0, 0.1) is 5.92 Å². The van der Waals surface area contributed by atoms with Gasteiger partial charge in [0.15, 0.2) is 0 Å². The molecule has 20 heavy (non-hydrogen) atoms. The van der Waals surface area contributed by atoms with Gasteiger partial charge >= 0.3 is 0 Å². The van der Waals surface area contributed by atoms with Crippen LogP contribution in [0.5, 0.6) is 0 Å². The fourth-order valence-electron chi connectivity index (χ4n) is 2.43. The van der Waals surface area contributed by atoms with Crippen molar-refractivity contribution < 1.29 is 4.79 Å². The first kappa shape index (κ1) is 15.2. The lowest BCUT2D eigenvalue weighted by Crippen LogP contribution is -2.38. The predicted octanol–water partition coefficient (Wildman–Crippen LogP) is 1.98. The van der Waals surface area contributed by atoms with Crippen LogP contribution >= 0.6 is 11.6 Å². The highest BCUT2D eigenvalue weighted by atomic mass is 35.5. The number of hydrogen-bond acceptors (Lipinski definition) is 4. The summed E-state index contributed by atoms with van der Waals surface area (Å²) in [5.41, 5.74) is 0.305. The Bertz CT molecular complexity index is 431. The number of piperidine rings is 1. The van der Waals surface area contributed by atoms with Gasteiger partial charge in [0.05, 0.1) is 12.4 Å². The molecule has 1 N–H and O–H groups in total. The van der Waals surface area contributed by atoms with E-state index >= 15 is 0 Å². The van der Waals surface area contributed by atoms with Crippen molar-refractivity contribution in [2.75, 3.05) is 26.2 Å². The van der Waals surface area contributed by atoms with E-state index in [2.05, 4.69) is 27.1 Å². The molecule has 1 aliphatic rings. The Labute approximate surface area is 124 Å². The van der Waals surface area contributed by atoms with Crippen molar-refractivity contribution in [3.05, 3.63) is 23.2 Å². The summed E-state index contributed by atoms with van der Waals surface area (Å²) in [6, 6.07) is 0. The van der Waals surface area contributed by atoms with E-state index in [0.717, 1.165) is 6.54 Å². The molecule has 1 unspecified atom stereocenters. The normalized spacial score (nSPS) is 17.7. The number of aromatic nitrogens is 2. The third-order valence-corrected chi connectivity index (χ3v) is 3.68. The number of hydrogen-bond donors (Lipinski definition) is 1. The molecule has 1 aromatic heterocycles. The number of nitrogens with zero attached hydrogens (tertiary/aromatic N) is 3. The Morgan fingerprint density at radius 2 is 2.10 bits per heavy atom. The average Bonchev–Trinajstić information content (AvgIpc) is 2.46. The minimum atomic E-state index is -0.195. The highest BCUT2D eigenvalue weighted by Crippen LogP contribution is 2.10. The first-order chi connectivity index (χ1) is 9.65.